The molecule has 9 heteroatoms. The van der Waals surface area contributed by atoms with Crippen LogP contribution < -0.4 is 5.32 Å². The van der Waals surface area contributed by atoms with Gasteiger partial charge in [0.05, 0.1) is 39.9 Å². The van der Waals surface area contributed by atoms with E-state index in [1.54, 1.807) is 0 Å². The van der Waals surface area contributed by atoms with Crippen molar-refractivity contribution in [3.05, 3.63) is 0 Å². The van der Waals surface area contributed by atoms with Crippen molar-refractivity contribution in [2.45, 2.75) is 321 Å². The molecule has 0 saturated carbocycles. The van der Waals surface area contributed by atoms with Crippen LogP contribution in [0.25, 0.3) is 0 Å². The zero-order valence-corrected chi connectivity index (χ0v) is 46.1. The molecule has 0 bridgehead atoms. The van der Waals surface area contributed by atoms with Crippen molar-refractivity contribution in [1.29, 1.82) is 0 Å². The Morgan fingerprint density at radius 2 is 0.727 bits per heavy atom. The van der Waals surface area contributed by atoms with E-state index in [4.69, 9.17) is 9.05 Å². The first kappa shape index (κ1) is 65.5. The van der Waals surface area contributed by atoms with Crippen molar-refractivity contribution < 1.29 is 32.9 Å². The summed E-state index contributed by atoms with van der Waals surface area (Å²) in [5, 5.41) is 14.1. The summed E-state index contributed by atoms with van der Waals surface area (Å²) in [6.07, 6.45) is 58.7. The summed E-state index contributed by atoms with van der Waals surface area (Å²) >= 11 is 0. The van der Waals surface area contributed by atoms with Gasteiger partial charge in [-0.2, -0.15) is 0 Å². The first-order valence-corrected chi connectivity index (χ1v) is 30.9. The topological polar surface area (TPSA) is 105 Å². The molecule has 0 aromatic heterocycles. The lowest BCUT2D eigenvalue weighted by Gasteiger charge is -2.26. The van der Waals surface area contributed by atoms with Gasteiger partial charge in [0.1, 0.15) is 13.2 Å². The molecule has 0 aromatic rings. The Morgan fingerprint density at radius 1 is 0.455 bits per heavy atom. The van der Waals surface area contributed by atoms with Gasteiger partial charge >= 0.3 is 7.82 Å². The van der Waals surface area contributed by atoms with Crippen LogP contribution in [0.1, 0.15) is 309 Å². The number of phosphoric ester groups is 1. The minimum atomic E-state index is -4.32. The fraction of sp³-hybridized carbons (Fsp3) is 0.982. The van der Waals surface area contributed by atoms with Crippen LogP contribution >= 0.6 is 7.82 Å². The maximum absolute atomic E-state index is 13.0. The van der Waals surface area contributed by atoms with Gasteiger partial charge in [-0.05, 0) is 12.8 Å². The maximum atomic E-state index is 13.0. The molecule has 3 atom stereocenters. The number of unbranched alkanes of at least 4 members (excludes halogenated alkanes) is 42. The number of likely N-dealkylation sites (N-methyl/N-ethyl adjacent to an activating group) is 1. The highest BCUT2D eigenvalue weighted by atomic mass is 31.2. The van der Waals surface area contributed by atoms with Gasteiger partial charge in [-0.25, -0.2) is 4.57 Å². The summed E-state index contributed by atoms with van der Waals surface area (Å²) in [7, 11) is 1.64. The summed E-state index contributed by atoms with van der Waals surface area (Å²) < 4.78 is 23.8. The number of nitrogens with zero attached hydrogens (tertiary/aromatic N) is 1. The average Bonchev–Trinajstić information content (AvgIpc) is 3.28. The van der Waals surface area contributed by atoms with Crippen LogP contribution in [0.2, 0.25) is 0 Å². The number of carbonyl (C=O) groups is 1. The molecule has 66 heavy (non-hydrogen) atoms. The molecule has 0 fully saturated rings. The summed E-state index contributed by atoms with van der Waals surface area (Å²) in [5.74, 6) is -0.136. The summed E-state index contributed by atoms with van der Waals surface area (Å²) in [6.45, 7) is 4.95. The third-order valence-electron chi connectivity index (χ3n) is 13.9. The molecule has 0 aliphatic carbocycles. The molecule has 0 aliphatic heterocycles. The van der Waals surface area contributed by atoms with Gasteiger partial charge in [-0.1, -0.05) is 290 Å². The molecule has 0 spiro atoms. The van der Waals surface area contributed by atoms with Gasteiger partial charge in [-0.15, -0.1) is 0 Å². The molecule has 1 amide bonds. The van der Waals surface area contributed by atoms with Crippen molar-refractivity contribution in [3.63, 3.8) is 0 Å². The number of phosphoric acid groups is 1. The first-order chi connectivity index (χ1) is 32.0. The van der Waals surface area contributed by atoms with Crippen molar-refractivity contribution in [1.82, 2.24) is 5.32 Å². The molecule has 3 N–H and O–H groups in total. The molecule has 396 valence electrons. The molecular formula is C57H118N2O6P+. The molecule has 0 rings (SSSR count). The van der Waals surface area contributed by atoms with E-state index < -0.39 is 20.0 Å². The molecule has 0 heterocycles. The van der Waals surface area contributed by atoms with Gasteiger partial charge in [0.25, 0.3) is 0 Å². The number of aliphatic hydroxyl groups is 1. The Hall–Kier alpha value is -0.500. The van der Waals surface area contributed by atoms with Crippen LogP contribution in [0, 0.1) is 0 Å². The summed E-state index contributed by atoms with van der Waals surface area (Å²) in [4.78, 5) is 23.3. The SMILES string of the molecule is CCCCCCCCCCCCCCCCCCCCCCCCCCCC(O)C(COP(=O)(O)OCC[N+](C)(C)C)NC(=O)CCCCCCCCCCCCCCCCCCCCC. The van der Waals surface area contributed by atoms with E-state index in [-0.39, 0.29) is 19.1 Å². The third kappa shape index (κ3) is 51.4. The maximum Gasteiger partial charge on any atom is 0.472 e. The lowest BCUT2D eigenvalue weighted by molar-refractivity contribution is -0.870. The Labute approximate surface area is 412 Å². The second kappa shape index (κ2) is 49.5. The van der Waals surface area contributed by atoms with E-state index >= 15 is 0 Å². The van der Waals surface area contributed by atoms with Crippen LogP contribution in [0.5, 0.6) is 0 Å². The van der Waals surface area contributed by atoms with Crippen LogP contribution in [0.3, 0.4) is 0 Å². The average molecular weight is 959 g/mol. The lowest BCUT2D eigenvalue weighted by Crippen LogP contribution is -2.46. The smallest absolute Gasteiger partial charge is 0.391 e. The minimum Gasteiger partial charge on any atom is -0.391 e. The Morgan fingerprint density at radius 3 is 1.02 bits per heavy atom. The van der Waals surface area contributed by atoms with Gasteiger partial charge in [0.2, 0.25) is 5.91 Å². The predicted octanol–water partition coefficient (Wildman–Crippen LogP) is 17.7. The van der Waals surface area contributed by atoms with Gasteiger partial charge in [0, 0.05) is 6.42 Å². The predicted molar refractivity (Wildman–Crippen MR) is 286 cm³/mol. The number of quaternary nitrogens is 1. The van der Waals surface area contributed by atoms with Crippen molar-refractivity contribution in [2.75, 3.05) is 40.9 Å². The summed E-state index contributed by atoms with van der Waals surface area (Å²) in [6, 6.07) is -0.755. The molecular weight excluding hydrogens is 840 g/mol. The Bertz CT molecular complexity index is 1040. The molecule has 3 unspecified atom stereocenters. The standard InChI is InChI=1S/C57H117N2O6P/c1-6-8-10-12-14-16-18-20-22-24-26-27-28-29-30-31-33-34-36-38-40-42-44-46-48-50-56(60)55(54-65-66(62,63)64-53-52-59(3,4)5)58-57(61)51-49-47-45-43-41-39-37-35-32-25-23-21-19-17-15-13-11-9-7-2/h55-56,60H,6-54H2,1-5H3,(H-,58,61,62,63)/p+1. The molecule has 0 aromatic carbocycles. The van der Waals surface area contributed by atoms with Crippen molar-refractivity contribution in [3.8, 4) is 0 Å². The van der Waals surface area contributed by atoms with E-state index in [1.807, 2.05) is 21.1 Å². The van der Waals surface area contributed by atoms with Crippen molar-refractivity contribution >= 4 is 13.7 Å². The first-order valence-electron chi connectivity index (χ1n) is 29.4. The second-order valence-electron chi connectivity index (χ2n) is 21.7. The van der Waals surface area contributed by atoms with E-state index in [2.05, 4.69) is 19.2 Å². The second-order valence-corrected chi connectivity index (χ2v) is 23.2. The fourth-order valence-corrected chi connectivity index (χ4v) is 9.96. The number of rotatable bonds is 55. The fourth-order valence-electron chi connectivity index (χ4n) is 9.23. The number of aliphatic hydroxyl groups excluding tert-OH is 1. The molecule has 8 nitrogen and oxygen atoms in total. The number of hydrogen-bond donors (Lipinski definition) is 3. The molecule has 0 radical (unpaired) electrons. The van der Waals surface area contributed by atoms with Gasteiger partial charge in [0.15, 0.2) is 0 Å². The zero-order chi connectivity index (χ0) is 48.5. The van der Waals surface area contributed by atoms with E-state index in [0.717, 1.165) is 38.5 Å². The van der Waals surface area contributed by atoms with E-state index in [9.17, 15) is 19.4 Å². The summed E-state index contributed by atoms with van der Waals surface area (Å²) in [5.41, 5.74) is 0. The third-order valence-corrected chi connectivity index (χ3v) is 14.8. The number of nitrogens with one attached hydrogen (secondary N) is 1. The van der Waals surface area contributed by atoms with Crippen LogP contribution in [0.4, 0.5) is 0 Å². The highest BCUT2D eigenvalue weighted by Crippen LogP contribution is 2.43. The Balaban J connectivity index is 4.11. The van der Waals surface area contributed by atoms with Crippen LogP contribution in [0.15, 0.2) is 0 Å². The van der Waals surface area contributed by atoms with E-state index in [1.165, 1.54) is 244 Å². The minimum absolute atomic E-state index is 0.0792. The van der Waals surface area contributed by atoms with Crippen LogP contribution in [-0.4, -0.2) is 73.4 Å². The van der Waals surface area contributed by atoms with Gasteiger partial charge in [-0.3, -0.25) is 13.8 Å². The van der Waals surface area contributed by atoms with Crippen molar-refractivity contribution in [2.24, 2.45) is 0 Å². The van der Waals surface area contributed by atoms with Gasteiger partial charge < -0.3 is 19.8 Å². The number of carbonyl (C=O) groups excluding carboxylic acids is 1. The normalized spacial score (nSPS) is 13.9. The molecule has 0 aliphatic rings. The quantitative estimate of drug-likeness (QED) is 0.0319. The monoisotopic (exact) mass is 958 g/mol. The highest BCUT2D eigenvalue weighted by molar-refractivity contribution is 7.47. The van der Waals surface area contributed by atoms with E-state index in [0.29, 0.717) is 23.9 Å². The number of hydrogen-bond acceptors (Lipinski definition) is 5. The highest BCUT2D eigenvalue weighted by Gasteiger charge is 2.28. The number of amides is 1. The molecule has 0 saturated heterocycles. The van der Waals surface area contributed by atoms with Crippen LogP contribution in [-0.2, 0) is 18.4 Å². The largest absolute Gasteiger partial charge is 0.472 e. The lowest BCUT2D eigenvalue weighted by atomic mass is 10.0. The Kier molecular flexibility index (Phi) is 49.1. The zero-order valence-electron chi connectivity index (χ0n) is 45.2.